The summed E-state index contributed by atoms with van der Waals surface area (Å²) in [5.74, 6) is 0. The molecule has 1 aliphatic rings. The van der Waals surface area contributed by atoms with Gasteiger partial charge in [-0.3, -0.25) is 4.55 Å². The lowest BCUT2D eigenvalue weighted by Gasteiger charge is -2.40. The minimum Gasteiger partial charge on any atom is -0.450 e. The van der Waals surface area contributed by atoms with Gasteiger partial charge in [0.1, 0.15) is 0 Å². The summed E-state index contributed by atoms with van der Waals surface area (Å²) in [6, 6.07) is 18.0. The fraction of sp³-hybridized carbons (Fsp3) is 0.435. The molecule has 31 heavy (non-hydrogen) atoms. The minimum atomic E-state index is -4.00. The minimum absolute atomic E-state index is 0.0741. The highest BCUT2D eigenvalue weighted by molar-refractivity contribution is 7.85. The molecule has 0 unspecified atom stereocenters. The third-order valence-electron chi connectivity index (χ3n) is 5.28. The van der Waals surface area contributed by atoms with Crippen molar-refractivity contribution in [3.8, 4) is 0 Å². The summed E-state index contributed by atoms with van der Waals surface area (Å²) in [5.41, 5.74) is 1.49. The molecule has 7 nitrogen and oxygen atoms in total. The molecule has 1 aliphatic heterocycles. The summed E-state index contributed by atoms with van der Waals surface area (Å²) in [6.45, 7) is 5.06. The second-order valence-corrected chi connectivity index (χ2v) is 9.18. The second kappa shape index (κ2) is 11.8. The normalized spacial score (nSPS) is 15.3. The van der Waals surface area contributed by atoms with Crippen molar-refractivity contribution in [1.82, 2.24) is 10.2 Å². The summed E-state index contributed by atoms with van der Waals surface area (Å²) < 4.78 is 34.3. The van der Waals surface area contributed by atoms with Crippen LogP contribution in [0, 0.1) is 5.41 Å². The molecule has 2 aromatic rings. The highest BCUT2D eigenvalue weighted by Crippen LogP contribution is 2.34. The van der Waals surface area contributed by atoms with Crippen molar-refractivity contribution in [2.45, 2.75) is 31.1 Å². The van der Waals surface area contributed by atoms with Crippen LogP contribution in [0.4, 0.5) is 4.79 Å². The van der Waals surface area contributed by atoms with E-state index in [1.165, 1.54) is 17.7 Å². The maximum Gasteiger partial charge on any atom is 0.409 e. The van der Waals surface area contributed by atoms with Gasteiger partial charge in [-0.1, -0.05) is 48.5 Å². The predicted octanol–water partition coefficient (Wildman–Crippen LogP) is 3.62. The molecule has 170 valence electrons. The number of hydrogen-bond donors (Lipinski definition) is 2. The van der Waals surface area contributed by atoms with Crippen LogP contribution in [-0.2, 0) is 21.3 Å². The highest BCUT2D eigenvalue weighted by Gasteiger charge is 2.34. The number of amides is 1. The van der Waals surface area contributed by atoms with Crippen LogP contribution in [0.15, 0.2) is 65.6 Å². The molecular weight excluding hydrogens is 416 g/mol. The molecule has 0 spiro atoms. The first-order chi connectivity index (χ1) is 14.8. The van der Waals surface area contributed by atoms with Crippen molar-refractivity contribution in [3.63, 3.8) is 0 Å². The third-order valence-corrected chi connectivity index (χ3v) is 6.15. The average Bonchev–Trinajstić information content (AvgIpc) is 2.75. The van der Waals surface area contributed by atoms with Crippen molar-refractivity contribution in [3.05, 3.63) is 66.2 Å². The standard InChI is InChI=1S/C17H26N2O2.C6H6O3S/c1-3-21-16(20)19(2)14-17(9-11-18-12-10-17)13-15-7-5-4-6-8-15;7-10(8,9)6-4-2-1-3-5-6/h4-8,18H,3,9-14H2,1-2H3;1-5H,(H,7,8,9). The van der Waals surface area contributed by atoms with Crippen LogP contribution in [0.2, 0.25) is 0 Å². The SMILES string of the molecule is CCOC(=O)N(C)CC1(Cc2ccccc2)CCNCC1.O=S(=O)(O)c1ccccc1. The lowest BCUT2D eigenvalue weighted by Crippen LogP contribution is -2.46. The van der Waals surface area contributed by atoms with E-state index in [2.05, 4.69) is 29.6 Å². The Bertz CT molecular complexity index is 898. The van der Waals surface area contributed by atoms with Crippen LogP contribution < -0.4 is 5.32 Å². The smallest absolute Gasteiger partial charge is 0.409 e. The molecule has 3 rings (SSSR count). The number of rotatable bonds is 6. The van der Waals surface area contributed by atoms with Gasteiger partial charge in [-0.2, -0.15) is 8.42 Å². The molecule has 0 saturated carbocycles. The number of nitrogens with zero attached hydrogens (tertiary/aromatic N) is 1. The highest BCUT2D eigenvalue weighted by atomic mass is 32.2. The van der Waals surface area contributed by atoms with Crippen LogP contribution in [0.25, 0.3) is 0 Å². The lowest BCUT2D eigenvalue weighted by atomic mass is 9.74. The van der Waals surface area contributed by atoms with E-state index in [0.717, 1.165) is 38.9 Å². The molecule has 1 saturated heterocycles. The zero-order chi connectivity index (χ0) is 22.7. The van der Waals surface area contributed by atoms with Gasteiger partial charge >= 0.3 is 6.09 Å². The van der Waals surface area contributed by atoms with Gasteiger partial charge in [0.2, 0.25) is 0 Å². The Morgan fingerprint density at radius 1 is 1.06 bits per heavy atom. The Morgan fingerprint density at radius 2 is 1.61 bits per heavy atom. The number of carbonyl (C=O) groups excluding carboxylic acids is 1. The zero-order valence-corrected chi connectivity index (χ0v) is 19.0. The Kier molecular flexibility index (Phi) is 9.48. The molecule has 1 fully saturated rings. The van der Waals surface area contributed by atoms with Crippen molar-refractivity contribution in [2.75, 3.05) is 33.3 Å². The van der Waals surface area contributed by atoms with Crippen molar-refractivity contribution in [2.24, 2.45) is 5.41 Å². The number of piperidine rings is 1. The van der Waals surface area contributed by atoms with Gasteiger partial charge in [0.05, 0.1) is 11.5 Å². The number of hydrogen-bond acceptors (Lipinski definition) is 5. The number of nitrogens with one attached hydrogen (secondary N) is 1. The summed E-state index contributed by atoms with van der Waals surface area (Å²) in [7, 11) is -2.16. The fourth-order valence-corrected chi connectivity index (χ4v) is 4.27. The van der Waals surface area contributed by atoms with Gasteiger partial charge < -0.3 is 15.0 Å². The van der Waals surface area contributed by atoms with Crippen molar-refractivity contribution >= 4 is 16.2 Å². The molecule has 0 radical (unpaired) electrons. The third kappa shape index (κ3) is 8.32. The second-order valence-electron chi connectivity index (χ2n) is 7.76. The first-order valence-electron chi connectivity index (χ1n) is 10.4. The van der Waals surface area contributed by atoms with Crippen LogP contribution >= 0.6 is 0 Å². The summed E-state index contributed by atoms with van der Waals surface area (Å²) in [4.78, 5) is 13.6. The number of carbonyl (C=O) groups is 1. The van der Waals surface area contributed by atoms with Gasteiger partial charge in [0, 0.05) is 13.6 Å². The van der Waals surface area contributed by atoms with Crippen LogP contribution in [0.1, 0.15) is 25.3 Å². The topological polar surface area (TPSA) is 95.9 Å². The van der Waals surface area contributed by atoms with E-state index < -0.39 is 10.1 Å². The predicted molar refractivity (Wildman–Crippen MR) is 121 cm³/mol. The maximum absolute atomic E-state index is 11.9. The first kappa shape index (κ1) is 24.8. The lowest BCUT2D eigenvalue weighted by molar-refractivity contribution is 0.0831. The fourth-order valence-electron chi connectivity index (χ4n) is 3.77. The van der Waals surface area contributed by atoms with Crippen LogP contribution in [-0.4, -0.2) is 57.3 Å². The van der Waals surface area contributed by atoms with E-state index in [9.17, 15) is 13.2 Å². The summed E-state index contributed by atoms with van der Waals surface area (Å²) >= 11 is 0. The Balaban J connectivity index is 0.000000285. The largest absolute Gasteiger partial charge is 0.450 e. The van der Waals surface area contributed by atoms with E-state index in [0.29, 0.717) is 6.61 Å². The maximum atomic E-state index is 11.9. The Hall–Kier alpha value is -2.42. The van der Waals surface area contributed by atoms with E-state index in [4.69, 9.17) is 9.29 Å². The van der Waals surface area contributed by atoms with E-state index in [1.54, 1.807) is 23.1 Å². The van der Waals surface area contributed by atoms with Gasteiger partial charge in [0.25, 0.3) is 10.1 Å². The zero-order valence-electron chi connectivity index (χ0n) is 18.2. The molecular formula is C23H32N2O5S. The molecule has 2 N–H and O–H groups in total. The molecule has 2 aromatic carbocycles. The van der Waals surface area contributed by atoms with Crippen LogP contribution in [0.5, 0.6) is 0 Å². The molecule has 1 heterocycles. The number of benzene rings is 2. The summed E-state index contributed by atoms with van der Waals surface area (Å²) in [5, 5.41) is 3.42. The molecule has 8 heteroatoms. The Morgan fingerprint density at radius 3 is 2.10 bits per heavy atom. The Labute approximate surface area is 185 Å². The first-order valence-corrected chi connectivity index (χ1v) is 11.8. The molecule has 0 aromatic heterocycles. The molecule has 0 aliphatic carbocycles. The van der Waals surface area contributed by atoms with Crippen molar-refractivity contribution in [1.29, 1.82) is 0 Å². The van der Waals surface area contributed by atoms with E-state index >= 15 is 0 Å². The average molecular weight is 449 g/mol. The van der Waals surface area contributed by atoms with Gasteiger partial charge in [-0.15, -0.1) is 0 Å². The number of ether oxygens (including phenoxy) is 1. The van der Waals surface area contributed by atoms with Gasteiger partial charge in [-0.25, -0.2) is 4.79 Å². The molecule has 0 atom stereocenters. The van der Waals surface area contributed by atoms with E-state index in [-0.39, 0.29) is 16.4 Å². The van der Waals surface area contributed by atoms with Crippen LogP contribution in [0.3, 0.4) is 0 Å². The summed E-state index contributed by atoms with van der Waals surface area (Å²) in [6.07, 6.45) is 2.97. The molecule has 1 amide bonds. The van der Waals surface area contributed by atoms with Crippen molar-refractivity contribution < 1.29 is 22.5 Å². The molecule has 0 bridgehead atoms. The van der Waals surface area contributed by atoms with Gasteiger partial charge in [-0.05, 0) is 62.4 Å². The quantitative estimate of drug-likeness (QED) is 0.656. The monoisotopic (exact) mass is 448 g/mol. The van der Waals surface area contributed by atoms with Gasteiger partial charge in [0.15, 0.2) is 0 Å². The van der Waals surface area contributed by atoms with E-state index in [1.807, 2.05) is 20.0 Å².